The number of likely N-dealkylation sites (N-methyl/N-ethyl adjacent to an activating group) is 1. The summed E-state index contributed by atoms with van der Waals surface area (Å²) in [5, 5.41) is 9.45. The Morgan fingerprint density at radius 2 is 2.07 bits per heavy atom. The van der Waals surface area contributed by atoms with Gasteiger partial charge in [0.25, 0.3) is 0 Å². The summed E-state index contributed by atoms with van der Waals surface area (Å²) < 4.78 is 26.5. The minimum atomic E-state index is -0.776. The Labute approximate surface area is 245 Å². The monoisotopic (exact) mass is 576 g/mol. The second kappa shape index (κ2) is 13.0. The van der Waals surface area contributed by atoms with Gasteiger partial charge in [-0.2, -0.15) is 15.2 Å². The summed E-state index contributed by atoms with van der Waals surface area (Å²) in [5.41, 5.74) is 2.14. The maximum atomic E-state index is 14.4. The van der Waals surface area contributed by atoms with Gasteiger partial charge in [-0.25, -0.2) is 4.39 Å². The molecule has 2 saturated heterocycles. The van der Waals surface area contributed by atoms with E-state index in [1.54, 1.807) is 11.0 Å². The fraction of sp³-hybridized carbons (Fsp3) is 0.516. The summed E-state index contributed by atoms with van der Waals surface area (Å²) in [6, 6.07) is 7.02. The molecule has 2 unspecified atom stereocenters. The summed E-state index contributed by atoms with van der Waals surface area (Å²) in [6.07, 6.45) is 3.63. The van der Waals surface area contributed by atoms with Crippen molar-refractivity contribution in [1.29, 1.82) is 5.26 Å². The van der Waals surface area contributed by atoms with Crippen LogP contribution in [-0.4, -0.2) is 89.5 Å². The average Bonchev–Trinajstić information content (AvgIpc) is 3.40. The number of piperazine rings is 1. The van der Waals surface area contributed by atoms with Gasteiger partial charge in [-0.1, -0.05) is 18.7 Å². The van der Waals surface area contributed by atoms with E-state index in [0.717, 1.165) is 24.9 Å². The Hall–Kier alpha value is -3.88. The number of anilines is 1. The number of nitriles is 1. The third-order valence-electron chi connectivity index (χ3n) is 8.57. The fourth-order valence-electron chi connectivity index (χ4n) is 6.06. The predicted molar refractivity (Wildman–Crippen MR) is 154 cm³/mol. The smallest absolute Gasteiger partial charge is 0.319 e. The van der Waals surface area contributed by atoms with Gasteiger partial charge < -0.3 is 24.2 Å². The van der Waals surface area contributed by atoms with Crippen molar-refractivity contribution in [2.45, 2.75) is 63.8 Å². The summed E-state index contributed by atoms with van der Waals surface area (Å²) in [4.78, 5) is 41.5. The Kier molecular flexibility index (Phi) is 9.14. The minimum absolute atomic E-state index is 0.0192. The van der Waals surface area contributed by atoms with Gasteiger partial charge in [0, 0.05) is 36.8 Å². The van der Waals surface area contributed by atoms with E-state index in [1.807, 2.05) is 17.9 Å². The molecule has 1 amide bonds. The third-order valence-corrected chi connectivity index (χ3v) is 8.57. The molecule has 2 aromatic rings. The lowest BCUT2D eigenvalue weighted by molar-refractivity contribution is -0.128. The van der Waals surface area contributed by atoms with Crippen LogP contribution in [0.15, 0.2) is 30.9 Å². The van der Waals surface area contributed by atoms with Crippen LogP contribution in [0.25, 0.3) is 0 Å². The number of nitrogens with zero attached hydrogens (tertiary/aromatic N) is 6. The van der Waals surface area contributed by atoms with Crippen LogP contribution in [0.4, 0.5) is 10.2 Å². The molecule has 1 aliphatic carbocycles. The first-order valence-corrected chi connectivity index (χ1v) is 14.5. The summed E-state index contributed by atoms with van der Waals surface area (Å²) in [7, 11) is 2.06. The molecule has 2 aliphatic heterocycles. The normalized spacial score (nSPS) is 22.5. The van der Waals surface area contributed by atoms with Crippen LogP contribution in [0.2, 0.25) is 0 Å². The molecule has 42 heavy (non-hydrogen) atoms. The summed E-state index contributed by atoms with van der Waals surface area (Å²) >= 11 is 0. The molecule has 11 heteroatoms. The molecular formula is C31H37FN6O4. The highest BCUT2D eigenvalue weighted by Crippen LogP contribution is 2.33. The number of fused-ring (bicyclic) bond motifs is 1. The van der Waals surface area contributed by atoms with Crippen LogP contribution in [0.5, 0.6) is 6.01 Å². The van der Waals surface area contributed by atoms with Crippen molar-refractivity contribution in [3.8, 4) is 12.1 Å². The van der Waals surface area contributed by atoms with E-state index in [4.69, 9.17) is 14.5 Å². The number of aromatic nitrogens is 2. The Bertz CT molecular complexity index is 1370. The van der Waals surface area contributed by atoms with Crippen LogP contribution in [0.3, 0.4) is 0 Å². The number of likely N-dealkylation sites (tertiary alicyclic amines) is 1. The van der Waals surface area contributed by atoms with E-state index in [0.29, 0.717) is 56.0 Å². The van der Waals surface area contributed by atoms with E-state index >= 15 is 0 Å². The second-order valence-corrected chi connectivity index (χ2v) is 11.2. The average molecular weight is 577 g/mol. The van der Waals surface area contributed by atoms with Gasteiger partial charge in [0.15, 0.2) is 0 Å². The minimum Gasteiger partial charge on any atom is -0.462 e. The predicted octanol–water partition coefficient (Wildman–Crippen LogP) is 3.23. The SMILES string of the molecule is C=CC(=O)N1CCN(c2nc(OCC3CCCN3C)nc3c2CC[C@@H](OCc2c(C)cccc2F)C3=O)CC1CC#N. The Balaban J connectivity index is 1.42. The Morgan fingerprint density at radius 1 is 1.24 bits per heavy atom. The number of amides is 1. The highest BCUT2D eigenvalue weighted by molar-refractivity contribution is 6.01. The number of hydrogen-bond donors (Lipinski definition) is 0. The maximum absolute atomic E-state index is 14.4. The van der Waals surface area contributed by atoms with Crippen molar-refractivity contribution >= 4 is 17.5 Å². The van der Waals surface area contributed by atoms with E-state index in [-0.39, 0.29) is 54.3 Å². The van der Waals surface area contributed by atoms with Gasteiger partial charge in [-0.3, -0.25) is 9.59 Å². The first kappa shape index (κ1) is 29.6. The summed E-state index contributed by atoms with van der Waals surface area (Å²) in [5.74, 6) is -0.285. The number of hydrogen-bond acceptors (Lipinski definition) is 9. The van der Waals surface area contributed by atoms with Gasteiger partial charge in [0.2, 0.25) is 11.7 Å². The number of ketones is 1. The number of Topliss-reactive ketones (excluding diaryl/α,β-unsaturated/α-hetero) is 1. The Morgan fingerprint density at radius 3 is 2.79 bits per heavy atom. The van der Waals surface area contributed by atoms with Crippen molar-refractivity contribution in [3.05, 3.63) is 59.1 Å². The first-order valence-electron chi connectivity index (χ1n) is 14.5. The maximum Gasteiger partial charge on any atom is 0.319 e. The molecule has 3 atom stereocenters. The van der Waals surface area contributed by atoms with Crippen molar-refractivity contribution in [1.82, 2.24) is 19.8 Å². The van der Waals surface area contributed by atoms with E-state index in [2.05, 4.69) is 29.6 Å². The number of ether oxygens (including phenoxy) is 2. The molecule has 0 radical (unpaired) electrons. The summed E-state index contributed by atoms with van der Waals surface area (Å²) in [6.45, 7) is 8.02. The molecule has 5 rings (SSSR count). The van der Waals surface area contributed by atoms with Gasteiger partial charge in [0.1, 0.15) is 30.0 Å². The van der Waals surface area contributed by atoms with Crippen LogP contribution in [0, 0.1) is 24.1 Å². The highest BCUT2D eigenvalue weighted by Gasteiger charge is 2.37. The van der Waals surface area contributed by atoms with E-state index in [9.17, 15) is 19.2 Å². The van der Waals surface area contributed by atoms with Gasteiger partial charge in [0.05, 0.1) is 25.1 Å². The molecule has 2 fully saturated rings. The topological polar surface area (TPSA) is 112 Å². The van der Waals surface area contributed by atoms with E-state index < -0.39 is 6.10 Å². The second-order valence-electron chi connectivity index (χ2n) is 11.2. The van der Waals surface area contributed by atoms with E-state index in [1.165, 1.54) is 12.1 Å². The fourth-order valence-corrected chi connectivity index (χ4v) is 6.06. The zero-order chi connectivity index (χ0) is 29.8. The lowest BCUT2D eigenvalue weighted by Gasteiger charge is -2.41. The molecule has 0 spiro atoms. The van der Waals surface area contributed by atoms with Crippen LogP contribution in [0.1, 0.15) is 52.9 Å². The number of carbonyl (C=O) groups excluding carboxylic acids is 2. The number of aryl methyl sites for hydroxylation is 1. The standard InChI is InChI=1S/C31H37FN6O4/c1-4-27(39)38-16-15-37(17-21(38)12-13-33)30-23-10-11-26(41-19-24-20(2)7-5-9-25(24)32)29(40)28(23)34-31(35-30)42-18-22-8-6-14-36(22)3/h4-5,7,9,21-22,26H,1,6,8,10-12,14-19H2,2-3H3/t21?,22?,26-/m1/s1. The van der Waals surface area contributed by atoms with Crippen molar-refractivity contribution in [2.75, 3.05) is 44.7 Å². The van der Waals surface area contributed by atoms with Crippen molar-refractivity contribution in [3.63, 3.8) is 0 Å². The van der Waals surface area contributed by atoms with Crippen molar-refractivity contribution in [2.24, 2.45) is 0 Å². The number of benzene rings is 1. The lowest BCUT2D eigenvalue weighted by Crippen LogP contribution is -2.55. The first-order chi connectivity index (χ1) is 20.3. The molecule has 1 aromatic heterocycles. The van der Waals surface area contributed by atoms with Gasteiger partial charge in [-0.15, -0.1) is 0 Å². The molecule has 10 nitrogen and oxygen atoms in total. The lowest BCUT2D eigenvalue weighted by atomic mass is 9.92. The molecule has 0 N–H and O–H groups in total. The zero-order valence-corrected chi connectivity index (χ0v) is 24.2. The van der Waals surface area contributed by atoms with Gasteiger partial charge in [-0.05, 0) is 63.9 Å². The number of halogens is 1. The molecule has 0 bridgehead atoms. The molecule has 222 valence electrons. The third kappa shape index (κ3) is 6.15. The quantitative estimate of drug-likeness (QED) is 0.416. The van der Waals surface area contributed by atoms with Crippen LogP contribution < -0.4 is 9.64 Å². The highest BCUT2D eigenvalue weighted by atomic mass is 19.1. The van der Waals surface area contributed by atoms with Crippen LogP contribution >= 0.6 is 0 Å². The van der Waals surface area contributed by atoms with Crippen LogP contribution in [-0.2, 0) is 22.6 Å². The van der Waals surface area contributed by atoms with Gasteiger partial charge >= 0.3 is 6.01 Å². The number of carbonyl (C=O) groups is 2. The largest absolute Gasteiger partial charge is 0.462 e. The number of rotatable bonds is 9. The molecule has 3 aliphatic rings. The van der Waals surface area contributed by atoms with Crippen molar-refractivity contribution < 1.29 is 23.5 Å². The molecular weight excluding hydrogens is 539 g/mol. The molecule has 1 aromatic carbocycles. The zero-order valence-electron chi connectivity index (χ0n) is 24.2. The molecule has 3 heterocycles. The molecule has 0 saturated carbocycles.